The Kier molecular flexibility index (Phi) is 5.93. The van der Waals surface area contributed by atoms with E-state index in [0.717, 1.165) is 0 Å². The molecule has 0 aliphatic heterocycles. The molecule has 0 radical (unpaired) electrons. The Morgan fingerprint density at radius 3 is 0.500 bits per heavy atom. The summed E-state index contributed by atoms with van der Waals surface area (Å²) in [7, 11) is 0. The first-order valence-electron chi connectivity index (χ1n) is 6.28. The number of alkyl halides is 20. The predicted octanol–water partition coefficient (Wildman–Crippen LogP) is 7.43. The van der Waals surface area contributed by atoms with E-state index >= 15 is 0 Å². The fraction of sp³-hybridized carbons (Fsp3) is 1.00. The van der Waals surface area contributed by atoms with Gasteiger partial charge in [-0.2, -0.15) is 61.5 Å². The van der Waals surface area contributed by atoms with Crippen molar-refractivity contribution >= 4 is 46.4 Å². The number of hydrogen-bond donors (Lipinski definition) is 0. The molecular formula is C10Cl4F16. The van der Waals surface area contributed by atoms with Crippen LogP contribution in [0.1, 0.15) is 0 Å². The van der Waals surface area contributed by atoms with Gasteiger partial charge in [0.15, 0.2) is 0 Å². The molecule has 0 spiro atoms. The van der Waals surface area contributed by atoms with Crippen LogP contribution in [0.3, 0.4) is 0 Å². The first-order chi connectivity index (χ1) is 12.5. The third-order valence-electron chi connectivity index (χ3n) is 3.94. The summed E-state index contributed by atoms with van der Waals surface area (Å²) < 4.78 is 194. The van der Waals surface area contributed by atoms with Crippen molar-refractivity contribution in [2.45, 2.75) is 56.0 Å². The quantitative estimate of drug-likeness (QED) is 0.212. The molecule has 2 unspecified atom stereocenters. The highest BCUT2D eigenvalue weighted by atomic mass is 35.5. The molecule has 2 saturated carbocycles. The summed E-state index contributed by atoms with van der Waals surface area (Å²) in [5, 5.41) is -10.8. The summed E-state index contributed by atoms with van der Waals surface area (Å²) in [6.07, 6.45) is 0. The van der Waals surface area contributed by atoms with Crippen molar-refractivity contribution < 1.29 is 70.2 Å². The van der Waals surface area contributed by atoms with E-state index in [-0.39, 0.29) is 0 Å². The maximum Gasteiger partial charge on any atom is 0.381 e. The van der Waals surface area contributed by atoms with E-state index in [1.165, 1.54) is 0 Å². The van der Waals surface area contributed by atoms with Gasteiger partial charge >= 0.3 is 51.7 Å². The van der Waals surface area contributed by atoms with Crippen LogP contribution in [0.2, 0.25) is 0 Å². The largest absolute Gasteiger partial charge is 0.381 e. The van der Waals surface area contributed by atoms with Crippen molar-refractivity contribution in [2.24, 2.45) is 0 Å². The normalized spacial score (nSPS) is 40.4. The van der Waals surface area contributed by atoms with Crippen LogP contribution < -0.4 is 0 Å². The van der Waals surface area contributed by atoms with Crippen LogP contribution in [0.5, 0.6) is 0 Å². The van der Waals surface area contributed by atoms with Crippen molar-refractivity contribution in [1.29, 1.82) is 0 Å². The molecule has 2 aliphatic rings. The maximum absolute atomic E-state index is 12.7. The molecule has 0 heterocycles. The summed E-state index contributed by atoms with van der Waals surface area (Å²) in [6.45, 7) is 0. The van der Waals surface area contributed by atoms with Gasteiger partial charge in [0, 0.05) is 0 Å². The van der Waals surface area contributed by atoms with Crippen LogP contribution in [0.15, 0.2) is 0 Å². The summed E-state index contributed by atoms with van der Waals surface area (Å²) >= 11 is 16.5. The minimum atomic E-state index is -6.33. The highest BCUT2D eigenvalue weighted by Crippen LogP contribution is 2.72. The Bertz CT molecular complexity index is 471. The highest BCUT2D eigenvalue weighted by molar-refractivity contribution is 6.50. The van der Waals surface area contributed by atoms with Gasteiger partial charge in [-0.1, -0.05) is 46.4 Å². The van der Waals surface area contributed by atoms with E-state index in [2.05, 4.69) is 46.4 Å². The predicted molar refractivity (Wildman–Crippen MR) is 68.4 cm³/mol. The summed E-state index contributed by atoms with van der Waals surface area (Å²) in [6, 6.07) is 0. The lowest BCUT2D eigenvalue weighted by atomic mass is 10.2. The topological polar surface area (TPSA) is 0 Å². The average molecular weight is 566 g/mol. The average Bonchev–Trinajstić information content (AvgIpc) is 2.59. The molecule has 2 atom stereocenters. The zero-order valence-electron chi connectivity index (χ0n) is 12.6. The van der Waals surface area contributed by atoms with Crippen LogP contribution >= 0.6 is 46.4 Å². The van der Waals surface area contributed by atoms with E-state index in [4.69, 9.17) is 0 Å². The van der Waals surface area contributed by atoms with E-state index in [1.807, 2.05) is 0 Å². The first kappa shape index (κ1) is 28.1. The molecule has 0 aromatic rings. The van der Waals surface area contributed by atoms with Gasteiger partial charge in [-0.25, -0.2) is 8.78 Å². The second kappa shape index (κ2) is 6.33. The fourth-order valence-electron chi connectivity index (χ4n) is 1.97. The van der Waals surface area contributed by atoms with Crippen molar-refractivity contribution in [2.75, 3.05) is 0 Å². The first-order valence-corrected chi connectivity index (χ1v) is 7.79. The lowest BCUT2D eigenvalue weighted by Gasteiger charge is -2.25. The molecule has 0 saturated heterocycles. The molecule has 30 heavy (non-hydrogen) atoms. The standard InChI is InChI=1S/2C5Cl2F8/c6-1(8)2(7,9)4(12,13)5(14,15)3(1,10)11;6-1(7)2(8,9)4(12,13)5(14,15)3(1,10)11. The molecule has 0 aromatic heterocycles. The molecule has 180 valence electrons. The Labute approximate surface area is 173 Å². The number of halogens is 20. The lowest BCUT2D eigenvalue weighted by Crippen LogP contribution is -2.51. The molecule has 20 heteroatoms. The van der Waals surface area contributed by atoms with Crippen LogP contribution in [-0.4, -0.2) is 56.0 Å². The molecule has 2 rings (SSSR count). The van der Waals surface area contributed by atoms with E-state index in [1.54, 1.807) is 0 Å². The van der Waals surface area contributed by atoms with Gasteiger partial charge in [-0.15, -0.1) is 0 Å². The minimum Gasteiger partial charge on any atom is -0.214 e. The Morgan fingerprint density at radius 1 is 0.267 bits per heavy atom. The molecular weight excluding hydrogens is 566 g/mol. The molecule has 2 aliphatic carbocycles. The van der Waals surface area contributed by atoms with Gasteiger partial charge < -0.3 is 0 Å². The Morgan fingerprint density at radius 2 is 0.433 bits per heavy atom. The molecule has 0 nitrogen and oxygen atoms in total. The van der Waals surface area contributed by atoms with Crippen molar-refractivity contribution in [1.82, 2.24) is 0 Å². The molecule has 0 N–H and O–H groups in total. The van der Waals surface area contributed by atoms with Crippen LogP contribution in [-0.2, 0) is 0 Å². The second-order valence-electron chi connectivity index (χ2n) is 5.74. The van der Waals surface area contributed by atoms with Gasteiger partial charge in [0.25, 0.3) is 4.33 Å². The van der Waals surface area contributed by atoms with Crippen molar-refractivity contribution in [3.8, 4) is 0 Å². The molecule has 0 aromatic carbocycles. The van der Waals surface area contributed by atoms with Crippen LogP contribution in [0.25, 0.3) is 0 Å². The monoisotopic (exact) mass is 564 g/mol. The van der Waals surface area contributed by atoms with Crippen molar-refractivity contribution in [3.63, 3.8) is 0 Å². The highest BCUT2D eigenvalue weighted by Gasteiger charge is 3.00. The third-order valence-corrected chi connectivity index (χ3v) is 5.99. The van der Waals surface area contributed by atoms with Gasteiger partial charge in [0.1, 0.15) is 0 Å². The zero-order valence-corrected chi connectivity index (χ0v) is 15.6. The fourth-order valence-corrected chi connectivity index (χ4v) is 2.92. The summed E-state index contributed by atoms with van der Waals surface area (Å²) in [4.78, 5) is 0. The van der Waals surface area contributed by atoms with Gasteiger partial charge in [0.2, 0.25) is 0 Å². The van der Waals surface area contributed by atoms with Crippen LogP contribution in [0, 0.1) is 0 Å². The van der Waals surface area contributed by atoms with E-state index in [0.29, 0.717) is 0 Å². The van der Waals surface area contributed by atoms with Crippen LogP contribution in [0.4, 0.5) is 70.2 Å². The van der Waals surface area contributed by atoms with E-state index in [9.17, 15) is 70.2 Å². The van der Waals surface area contributed by atoms with Gasteiger partial charge in [0.05, 0.1) is 0 Å². The van der Waals surface area contributed by atoms with Crippen molar-refractivity contribution in [3.05, 3.63) is 0 Å². The number of hydrogen-bond acceptors (Lipinski definition) is 0. The van der Waals surface area contributed by atoms with Gasteiger partial charge in [-0.05, 0) is 0 Å². The zero-order chi connectivity index (χ0) is 25.0. The summed E-state index contributed by atoms with van der Waals surface area (Å²) in [5.74, 6) is -43.2. The number of rotatable bonds is 0. The molecule has 0 amide bonds. The van der Waals surface area contributed by atoms with E-state index < -0.39 is 56.0 Å². The smallest absolute Gasteiger partial charge is 0.214 e. The third kappa shape index (κ3) is 2.53. The Balaban J connectivity index is 0.000000300. The SMILES string of the molecule is FC1(F)C(F)(F)C(F)(Cl)C(F)(Cl)C1(F)F.FC1(F)C(F)(F)C(F)(F)C(Cl)(Cl)C1(F)F. The second-order valence-corrected chi connectivity index (χ2v) is 8.11. The molecule has 0 bridgehead atoms. The molecule has 2 fully saturated rings. The maximum atomic E-state index is 12.7. The summed E-state index contributed by atoms with van der Waals surface area (Å²) in [5.41, 5.74) is 0. The lowest BCUT2D eigenvalue weighted by molar-refractivity contribution is -0.303. The van der Waals surface area contributed by atoms with Gasteiger partial charge in [-0.3, -0.25) is 0 Å². The Hall–Kier alpha value is 0.0400. The minimum absolute atomic E-state index is 4.04.